The Balaban J connectivity index is 1.14. The van der Waals surface area contributed by atoms with Crippen molar-refractivity contribution in [2.45, 2.75) is 0 Å². The number of furan rings is 2. The molecule has 0 amide bonds. The van der Waals surface area contributed by atoms with Gasteiger partial charge in [0.15, 0.2) is 0 Å². The highest BCUT2D eigenvalue weighted by molar-refractivity contribution is 6.18. The Morgan fingerprint density at radius 2 is 0.943 bits per heavy atom. The number of fused-ring (bicyclic) bond motifs is 9. The molecule has 2 heterocycles. The van der Waals surface area contributed by atoms with Gasteiger partial charge in [-0.1, -0.05) is 140 Å². The van der Waals surface area contributed by atoms with Crippen LogP contribution in [0.25, 0.3) is 87.7 Å². The number of hydrogen-bond acceptors (Lipinski definition) is 3. The number of nitrogens with zero attached hydrogens (tertiary/aromatic N) is 1. The summed E-state index contributed by atoms with van der Waals surface area (Å²) in [6.45, 7) is 0. The number of para-hydroxylation sites is 3. The number of rotatable bonds is 5. The van der Waals surface area contributed by atoms with Crippen LogP contribution < -0.4 is 4.90 Å². The Morgan fingerprint density at radius 1 is 0.321 bits per heavy atom. The van der Waals surface area contributed by atoms with Gasteiger partial charge in [-0.15, -0.1) is 0 Å². The molecule has 0 aliphatic heterocycles. The van der Waals surface area contributed by atoms with Crippen LogP contribution >= 0.6 is 0 Å². The van der Waals surface area contributed by atoms with Crippen molar-refractivity contribution in [3.63, 3.8) is 0 Å². The van der Waals surface area contributed by atoms with Gasteiger partial charge in [0.05, 0.1) is 11.4 Å². The van der Waals surface area contributed by atoms with Crippen molar-refractivity contribution in [3.8, 4) is 22.3 Å². The average molecular weight is 678 g/mol. The van der Waals surface area contributed by atoms with E-state index in [-0.39, 0.29) is 0 Å². The molecule has 53 heavy (non-hydrogen) atoms. The van der Waals surface area contributed by atoms with E-state index in [1.807, 2.05) is 12.1 Å². The van der Waals surface area contributed by atoms with Gasteiger partial charge in [-0.25, -0.2) is 0 Å². The predicted molar refractivity (Wildman–Crippen MR) is 222 cm³/mol. The third-order valence-corrected chi connectivity index (χ3v) is 10.6. The van der Waals surface area contributed by atoms with E-state index in [9.17, 15) is 0 Å². The van der Waals surface area contributed by atoms with E-state index >= 15 is 0 Å². The predicted octanol–water partition coefficient (Wildman–Crippen LogP) is 14.6. The molecule has 0 saturated carbocycles. The molecule has 3 heteroatoms. The fraction of sp³-hybridized carbons (Fsp3) is 0. The maximum Gasteiger partial charge on any atom is 0.143 e. The summed E-state index contributed by atoms with van der Waals surface area (Å²) in [6.07, 6.45) is 0. The van der Waals surface area contributed by atoms with E-state index in [1.54, 1.807) is 0 Å². The number of benzene rings is 9. The summed E-state index contributed by atoms with van der Waals surface area (Å²) >= 11 is 0. The number of anilines is 3. The fourth-order valence-corrected chi connectivity index (χ4v) is 8.18. The summed E-state index contributed by atoms with van der Waals surface area (Å²) < 4.78 is 13.0. The molecular formula is C50H31NO2. The van der Waals surface area contributed by atoms with Crippen LogP contribution in [0.1, 0.15) is 0 Å². The molecule has 2 aromatic heterocycles. The fourth-order valence-electron chi connectivity index (χ4n) is 8.18. The average Bonchev–Trinajstić information content (AvgIpc) is 3.80. The first-order valence-electron chi connectivity index (χ1n) is 18.0. The third-order valence-electron chi connectivity index (χ3n) is 10.6. The highest BCUT2D eigenvalue weighted by Crippen LogP contribution is 2.47. The van der Waals surface area contributed by atoms with Crippen molar-refractivity contribution in [2.24, 2.45) is 0 Å². The summed E-state index contributed by atoms with van der Waals surface area (Å²) in [7, 11) is 0. The SMILES string of the molecule is c1cc(-c2ccc3oc4ccccc4c3c2)cc(N(c2ccccc2-c2cccc3c2oc2c4ccccc4ccc32)c2cccc3ccccc23)c1. The summed E-state index contributed by atoms with van der Waals surface area (Å²) in [5.74, 6) is 0. The van der Waals surface area contributed by atoms with Crippen LogP contribution in [0.3, 0.4) is 0 Å². The monoisotopic (exact) mass is 677 g/mol. The van der Waals surface area contributed by atoms with Crippen LogP contribution in [0.4, 0.5) is 17.1 Å². The van der Waals surface area contributed by atoms with Crippen LogP contribution in [0.15, 0.2) is 197 Å². The van der Waals surface area contributed by atoms with Crippen molar-refractivity contribution < 1.29 is 8.83 Å². The Labute approximate surface area is 305 Å². The molecule has 9 aromatic carbocycles. The molecule has 0 saturated heterocycles. The first kappa shape index (κ1) is 29.6. The summed E-state index contributed by atoms with van der Waals surface area (Å²) in [4.78, 5) is 2.41. The maximum atomic E-state index is 6.88. The Kier molecular flexibility index (Phi) is 6.55. The topological polar surface area (TPSA) is 29.5 Å². The summed E-state index contributed by atoms with van der Waals surface area (Å²) in [5.41, 5.74) is 11.2. The van der Waals surface area contributed by atoms with Gasteiger partial charge in [-0.3, -0.25) is 0 Å². The van der Waals surface area contributed by atoms with E-state index in [0.29, 0.717) is 0 Å². The van der Waals surface area contributed by atoms with Gasteiger partial charge in [0.25, 0.3) is 0 Å². The third kappa shape index (κ3) is 4.68. The van der Waals surface area contributed by atoms with Crippen molar-refractivity contribution in [2.75, 3.05) is 4.90 Å². The van der Waals surface area contributed by atoms with Crippen LogP contribution in [0.5, 0.6) is 0 Å². The van der Waals surface area contributed by atoms with Gasteiger partial charge < -0.3 is 13.7 Å². The van der Waals surface area contributed by atoms with E-state index < -0.39 is 0 Å². The molecule has 248 valence electrons. The zero-order chi connectivity index (χ0) is 34.9. The zero-order valence-electron chi connectivity index (χ0n) is 28.7. The lowest BCUT2D eigenvalue weighted by atomic mass is 9.97. The number of hydrogen-bond donors (Lipinski definition) is 0. The molecule has 0 spiro atoms. The van der Waals surface area contributed by atoms with Gasteiger partial charge in [-0.2, -0.15) is 0 Å². The van der Waals surface area contributed by atoms with E-state index in [2.05, 4.69) is 181 Å². The van der Waals surface area contributed by atoms with Crippen LogP contribution in [0, 0.1) is 0 Å². The first-order valence-corrected chi connectivity index (χ1v) is 18.0. The maximum absolute atomic E-state index is 6.88. The summed E-state index contributed by atoms with van der Waals surface area (Å²) in [6, 6.07) is 66.8. The van der Waals surface area contributed by atoms with Gasteiger partial charge in [0.2, 0.25) is 0 Å². The standard InChI is InChI=1S/C50H31NO2/c1-3-17-37-32(12-1)14-10-24-45(37)51(36-16-9-15-34(30-36)35-27-29-48-44(31-35)40-20-6-8-25-47(40)52-48)46-23-7-5-19-39(46)41-21-11-22-42-43-28-26-33-13-2-4-18-38(33)49(43)53-50(41)42/h1-31H. The van der Waals surface area contributed by atoms with Gasteiger partial charge in [0.1, 0.15) is 22.3 Å². The molecule has 11 rings (SSSR count). The summed E-state index contributed by atoms with van der Waals surface area (Å²) in [5, 5.41) is 9.13. The Hall–Kier alpha value is -7.10. The minimum absolute atomic E-state index is 0.888. The molecular weight excluding hydrogens is 647 g/mol. The minimum Gasteiger partial charge on any atom is -0.456 e. The molecule has 0 fully saturated rings. The lowest BCUT2D eigenvalue weighted by Crippen LogP contribution is -2.12. The Morgan fingerprint density at radius 3 is 1.87 bits per heavy atom. The lowest BCUT2D eigenvalue weighted by Gasteiger charge is -2.29. The molecule has 11 aromatic rings. The second-order valence-corrected chi connectivity index (χ2v) is 13.7. The zero-order valence-corrected chi connectivity index (χ0v) is 28.7. The second-order valence-electron chi connectivity index (χ2n) is 13.7. The van der Waals surface area contributed by atoms with Crippen LogP contribution in [0.2, 0.25) is 0 Å². The van der Waals surface area contributed by atoms with Gasteiger partial charge in [-0.05, 0) is 70.4 Å². The normalized spacial score (nSPS) is 11.8. The second kappa shape index (κ2) is 11.7. The largest absolute Gasteiger partial charge is 0.456 e. The molecule has 0 bridgehead atoms. The lowest BCUT2D eigenvalue weighted by molar-refractivity contribution is 0.669. The molecule has 0 aliphatic carbocycles. The molecule has 0 aliphatic rings. The molecule has 0 atom stereocenters. The highest BCUT2D eigenvalue weighted by atomic mass is 16.3. The van der Waals surface area contributed by atoms with E-state index in [4.69, 9.17) is 8.83 Å². The molecule has 0 unspecified atom stereocenters. The quantitative estimate of drug-likeness (QED) is 0.182. The first-order chi connectivity index (χ1) is 26.3. The molecule has 3 nitrogen and oxygen atoms in total. The molecule has 0 radical (unpaired) electrons. The Bertz CT molecular complexity index is 3200. The molecule has 0 N–H and O–H groups in total. The van der Waals surface area contributed by atoms with Crippen molar-refractivity contribution >= 4 is 82.5 Å². The van der Waals surface area contributed by atoms with Crippen molar-refractivity contribution in [3.05, 3.63) is 188 Å². The highest BCUT2D eigenvalue weighted by Gasteiger charge is 2.22. The minimum atomic E-state index is 0.888. The smallest absolute Gasteiger partial charge is 0.143 e. The van der Waals surface area contributed by atoms with Gasteiger partial charge in [0, 0.05) is 49.1 Å². The van der Waals surface area contributed by atoms with Gasteiger partial charge >= 0.3 is 0 Å². The van der Waals surface area contributed by atoms with E-state index in [1.165, 1.54) is 16.2 Å². The van der Waals surface area contributed by atoms with Crippen molar-refractivity contribution in [1.82, 2.24) is 0 Å². The van der Waals surface area contributed by atoms with Crippen LogP contribution in [-0.4, -0.2) is 0 Å². The van der Waals surface area contributed by atoms with Crippen LogP contribution in [-0.2, 0) is 0 Å². The van der Waals surface area contributed by atoms with E-state index in [0.717, 1.165) is 88.6 Å². The van der Waals surface area contributed by atoms with Crippen molar-refractivity contribution in [1.29, 1.82) is 0 Å².